The van der Waals surface area contributed by atoms with E-state index in [2.05, 4.69) is 16.8 Å². The molecular formula is C15H23N3O2. The maximum Gasteiger partial charge on any atom is 0.339 e. The molecule has 0 saturated carbocycles. The Kier molecular flexibility index (Phi) is 4.60. The first-order valence-electron chi connectivity index (χ1n) is 7.19. The Morgan fingerprint density at radius 1 is 1.45 bits per heavy atom. The van der Waals surface area contributed by atoms with Gasteiger partial charge in [-0.15, -0.1) is 0 Å². The molecule has 1 aliphatic heterocycles. The minimum atomic E-state index is -0.912. The van der Waals surface area contributed by atoms with Crippen molar-refractivity contribution >= 4 is 11.8 Å². The molecule has 1 aliphatic rings. The molecule has 0 amide bonds. The van der Waals surface area contributed by atoms with Crippen LogP contribution in [0.4, 0.5) is 5.82 Å². The van der Waals surface area contributed by atoms with Crippen LogP contribution in [-0.2, 0) is 0 Å². The molecule has 1 N–H and O–H groups in total. The number of aromatic carboxylic acids is 1. The highest BCUT2D eigenvalue weighted by Gasteiger charge is 2.25. The third kappa shape index (κ3) is 3.10. The first-order chi connectivity index (χ1) is 9.52. The predicted molar refractivity (Wildman–Crippen MR) is 79.5 cm³/mol. The summed E-state index contributed by atoms with van der Waals surface area (Å²) in [5.74, 6) is -0.321. The van der Waals surface area contributed by atoms with Crippen LogP contribution in [0.3, 0.4) is 0 Å². The maximum atomic E-state index is 11.3. The smallest absolute Gasteiger partial charge is 0.339 e. The van der Waals surface area contributed by atoms with Gasteiger partial charge in [-0.1, -0.05) is 6.92 Å². The standard InChI is InChI=1S/C15H23N3O2/c1-4-18-9-7-12(8-10-18)17(3)14-13(15(19)20)6-5-11(2)16-14/h5-6,12H,4,7-10H2,1-3H3,(H,19,20). The Morgan fingerprint density at radius 3 is 2.65 bits per heavy atom. The zero-order valence-corrected chi connectivity index (χ0v) is 12.5. The molecule has 0 atom stereocenters. The lowest BCUT2D eigenvalue weighted by molar-refractivity contribution is 0.0697. The van der Waals surface area contributed by atoms with Crippen molar-refractivity contribution < 1.29 is 9.90 Å². The largest absolute Gasteiger partial charge is 0.478 e. The lowest BCUT2D eigenvalue weighted by atomic mass is 10.0. The number of aryl methyl sites for hydroxylation is 1. The fourth-order valence-corrected chi connectivity index (χ4v) is 2.77. The number of piperidine rings is 1. The summed E-state index contributed by atoms with van der Waals surface area (Å²) in [5.41, 5.74) is 1.14. The lowest BCUT2D eigenvalue weighted by Crippen LogP contribution is -2.44. The van der Waals surface area contributed by atoms with Crippen molar-refractivity contribution in [2.75, 3.05) is 31.6 Å². The van der Waals surface area contributed by atoms with Gasteiger partial charge in [-0.3, -0.25) is 0 Å². The number of carboxylic acids is 1. The Morgan fingerprint density at radius 2 is 2.10 bits per heavy atom. The van der Waals surface area contributed by atoms with E-state index in [1.165, 1.54) is 0 Å². The average Bonchev–Trinajstić information content (AvgIpc) is 2.46. The SMILES string of the molecule is CCN1CCC(N(C)c2nc(C)ccc2C(=O)O)CC1. The van der Waals surface area contributed by atoms with Gasteiger partial charge in [0, 0.05) is 31.9 Å². The molecule has 0 unspecified atom stereocenters. The van der Waals surface area contributed by atoms with Crippen LogP contribution in [0.1, 0.15) is 35.8 Å². The molecule has 1 aromatic rings. The van der Waals surface area contributed by atoms with Crippen LogP contribution in [-0.4, -0.2) is 53.7 Å². The van der Waals surface area contributed by atoms with Crippen LogP contribution in [0, 0.1) is 6.92 Å². The third-order valence-corrected chi connectivity index (χ3v) is 4.13. The molecular weight excluding hydrogens is 254 g/mol. The van der Waals surface area contributed by atoms with E-state index in [-0.39, 0.29) is 5.56 Å². The lowest BCUT2D eigenvalue weighted by Gasteiger charge is -2.37. The van der Waals surface area contributed by atoms with Crippen molar-refractivity contribution in [3.8, 4) is 0 Å². The summed E-state index contributed by atoms with van der Waals surface area (Å²) in [6.45, 7) is 7.29. The normalized spacial score (nSPS) is 17.1. The molecule has 1 saturated heterocycles. The van der Waals surface area contributed by atoms with Crippen molar-refractivity contribution in [1.82, 2.24) is 9.88 Å². The number of likely N-dealkylation sites (tertiary alicyclic amines) is 1. The van der Waals surface area contributed by atoms with Gasteiger partial charge >= 0.3 is 5.97 Å². The van der Waals surface area contributed by atoms with E-state index in [4.69, 9.17) is 0 Å². The molecule has 1 fully saturated rings. The number of hydrogen-bond donors (Lipinski definition) is 1. The van der Waals surface area contributed by atoms with Gasteiger partial charge in [-0.2, -0.15) is 0 Å². The van der Waals surface area contributed by atoms with E-state index >= 15 is 0 Å². The Bertz CT molecular complexity index is 482. The number of nitrogens with zero attached hydrogens (tertiary/aromatic N) is 3. The molecule has 0 aromatic carbocycles. The number of carboxylic acid groups (broad SMARTS) is 1. The van der Waals surface area contributed by atoms with Gasteiger partial charge in [-0.05, 0) is 38.4 Å². The number of aromatic nitrogens is 1. The molecule has 0 aliphatic carbocycles. The van der Waals surface area contributed by atoms with Gasteiger partial charge < -0.3 is 14.9 Å². The van der Waals surface area contributed by atoms with Crippen molar-refractivity contribution in [1.29, 1.82) is 0 Å². The van der Waals surface area contributed by atoms with Crippen molar-refractivity contribution in [3.05, 3.63) is 23.4 Å². The second-order valence-corrected chi connectivity index (χ2v) is 5.41. The summed E-state index contributed by atoms with van der Waals surface area (Å²) in [6.07, 6.45) is 2.11. The van der Waals surface area contributed by atoms with Crippen LogP contribution in [0.25, 0.3) is 0 Å². The summed E-state index contributed by atoms with van der Waals surface area (Å²) < 4.78 is 0. The molecule has 2 heterocycles. The van der Waals surface area contributed by atoms with Crippen LogP contribution in [0.5, 0.6) is 0 Å². The van der Waals surface area contributed by atoms with Gasteiger partial charge in [0.25, 0.3) is 0 Å². The molecule has 20 heavy (non-hydrogen) atoms. The highest BCUT2D eigenvalue weighted by atomic mass is 16.4. The summed E-state index contributed by atoms with van der Waals surface area (Å²) in [4.78, 5) is 20.3. The van der Waals surface area contributed by atoms with E-state index < -0.39 is 5.97 Å². The molecule has 0 bridgehead atoms. The van der Waals surface area contributed by atoms with Gasteiger partial charge in [0.2, 0.25) is 0 Å². The molecule has 1 aromatic heterocycles. The third-order valence-electron chi connectivity index (χ3n) is 4.13. The summed E-state index contributed by atoms with van der Waals surface area (Å²) >= 11 is 0. The van der Waals surface area contributed by atoms with E-state index in [1.54, 1.807) is 12.1 Å². The first-order valence-corrected chi connectivity index (χ1v) is 7.19. The Labute approximate surface area is 120 Å². The van der Waals surface area contributed by atoms with E-state index in [9.17, 15) is 9.90 Å². The zero-order chi connectivity index (χ0) is 14.7. The van der Waals surface area contributed by atoms with Crippen LogP contribution >= 0.6 is 0 Å². The quantitative estimate of drug-likeness (QED) is 0.912. The maximum absolute atomic E-state index is 11.3. The summed E-state index contributed by atoms with van der Waals surface area (Å²) in [7, 11) is 1.96. The fraction of sp³-hybridized carbons (Fsp3) is 0.600. The van der Waals surface area contributed by atoms with Crippen molar-refractivity contribution in [2.24, 2.45) is 0 Å². The first kappa shape index (κ1) is 14.8. The number of rotatable bonds is 4. The van der Waals surface area contributed by atoms with Gasteiger partial charge in [-0.25, -0.2) is 9.78 Å². The minimum absolute atomic E-state index is 0.288. The monoisotopic (exact) mass is 277 g/mol. The Balaban J connectivity index is 2.18. The van der Waals surface area contributed by atoms with E-state index in [0.717, 1.165) is 38.2 Å². The molecule has 2 rings (SSSR count). The summed E-state index contributed by atoms with van der Waals surface area (Å²) in [6, 6.07) is 3.77. The summed E-state index contributed by atoms with van der Waals surface area (Å²) in [5, 5.41) is 9.31. The molecule has 0 spiro atoms. The van der Waals surface area contributed by atoms with Gasteiger partial charge in [0.05, 0.1) is 0 Å². The van der Waals surface area contributed by atoms with Gasteiger partial charge in [0.1, 0.15) is 11.4 Å². The average molecular weight is 277 g/mol. The second kappa shape index (κ2) is 6.22. The topological polar surface area (TPSA) is 56.7 Å². The zero-order valence-electron chi connectivity index (χ0n) is 12.5. The van der Waals surface area contributed by atoms with Gasteiger partial charge in [0.15, 0.2) is 0 Å². The molecule has 5 nitrogen and oxygen atoms in total. The van der Waals surface area contributed by atoms with E-state index in [0.29, 0.717) is 11.9 Å². The number of hydrogen-bond acceptors (Lipinski definition) is 4. The van der Waals surface area contributed by atoms with E-state index in [1.807, 2.05) is 18.9 Å². The van der Waals surface area contributed by atoms with Crippen LogP contribution < -0.4 is 4.90 Å². The Hall–Kier alpha value is -1.62. The highest BCUT2D eigenvalue weighted by molar-refractivity contribution is 5.93. The molecule has 5 heteroatoms. The van der Waals surface area contributed by atoms with Crippen molar-refractivity contribution in [2.45, 2.75) is 32.7 Å². The van der Waals surface area contributed by atoms with Crippen LogP contribution in [0.15, 0.2) is 12.1 Å². The highest BCUT2D eigenvalue weighted by Crippen LogP contribution is 2.24. The predicted octanol–water partition coefficient (Wildman–Crippen LogP) is 2.01. The fourth-order valence-electron chi connectivity index (χ4n) is 2.77. The number of carbonyl (C=O) groups is 1. The number of pyridine rings is 1. The molecule has 110 valence electrons. The minimum Gasteiger partial charge on any atom is -0.478 e. The molecule has 0 radical (unpaired) electrons. The second-order valence-electron chi connectivity index (χ2n) is 5.41. The number of anilines is 1. The van der Waals surface area contributed by atoms with Crippen LogP contribution in [0.2, 0.25) is 0 Å². The van der Waals surface area contributed by atoms with Crippen molar-refractivity contribution in [3.63, 3.8) is 0 Å².